The van der Waals surface area contributed by atoms with Crippen LogP contribution >= 0.6 is 0 Å². The highest BCUT2D eigenvalue weighted by Crippen LogP contribution is 2.32. The average molecular weight is 596 g/mol. The van der Waals surface area contributed by atoms with Gasteiger partial charge in [0.05, 0.1) is 51.2 Å². The number of ether oxygens (including phenoxy) is 3. The molecule has 0 aliphatic carbocycles. The number of hydrogen-bond acceptors (Lipinski definition) is 7. The molecule has 1 unspecified atom stereocenters. The van der Waals surface area contributed by atoms with Crippen molar-refractivity contribution in [2.24, 2.45) is 5.11 Å². The molecular formula is C34H34FN5O4. The highest BCUT2D eigenvalue weighted by molar-refractivity contribution is 5.51. The molecule has 3 aromatic carbocycles. The van der Waals surface area contributed by atoms with Crippen LogP contribution in [-0.4, -0.2) is 28.3 Å². The Morgan fingerprint density at radius 1 is 0.909 bits per heavy atom. The Morgan fingerprint density at radius 3 is 2.25 bits per heavy atom. The van der Waals surface area contributed by atoms with Gasteiger partial charge in [-0.1, -0.05) is 30.3 Å². The summed E-state index contributed by atoms with van der Waals surface area (Å²) >= 11 is 0. The highest BCUT2D eigenvalue weighted by Gasteiger charge is 2.23. The van der Waals surface area contributed by atoms with Crippen LogP contribution in [0.4, 0.5) is 4.39 Å². The van der Waals surface area contributed by atoms with Gasteiger partial charge in [-0.25, -0.2) is 14.9 Å². The van der Waals surface area contributed by atoms with E-state index in [0.717, 1.165) is 33.8 Å². The quantitative estimate of drug-likeness (QED) is 0.157. The molecule has 2 aromatic heterocycles. The van der Waals surface area contributed by atoms with Crippen molar-refractivity contribution in [1.82, 2.24) is 14.1 Å². The second-order valence-corrected chi connectivity index (χ2v) is 10.5. The van der Waals surface area contributed by atoms with E-state index >= 15 is 0 Å². The molecule has 9 nitrogen and oxygen atoms in total. The van der Waals surface area contributed by atoms with Crippen LogP contribution in [0.15, 0.2) is 101 Å². The number of benzene rings is 3. The molecule has 0 aliphatic heterocycles. The van der Waals surface area contributed by atoms with Crippen molar-refractivity contribution in [3.8, 4) is 17.2 Å². The van der Waals surface area contributed by atoms with Gasteiger partial charge in [0, 0.05) is 18.0 Å². The smallest absolute Gasteiger partial charge is 0.256 e. The standard InChI is InChI=1S/C34H34FN5O4/c1-22-17-39(21-37-22)31-14-9-27(16-32(31)43-4)33(38-36)30-15-25(20-44-19-24-5-12-29(42-3)13-6-24)18-40(34(30)41)23(2)26-7-10-28(35)11-8-26/h5-18,21,23,33,36H,19-20H2,1-4H3/t23-,33?/m0/s1. The lowest BCUT2D eigenvalue weighted by molar-refractivity contribution is 0.106. The zero-order valence-electron chi connectivity index (χ0n) is 25.0. The minimum Gasteiger partial charge on any atom is -0.497 e. The molecule has 5 rings (SSSR count). The van der Waals surface area contributed by atoms with Gasteiger partial charge < -0.3 is 23.3 Å². The largest absolute Gasteiger partial charge is 0.497 e. The number of methoxy groups -OCH3 is 2. The molecule has 44 heavy (non-hydrogen) atoms. The molecule has 5 aromatic rings. The van der Waals surface area contributed by atoms with E-state index in [1.807, 2.05) is 61.0 Å². The SMILES string of the molecule is COc1ccc(COCc2cc(C(N=N)c3ccc(-n4cnc(C)c4)c(OC)c3)c(=O)n([C@@H](C)c3ccc(F)cc3)c2)cc1. The van der Waals surface area contributed by atoms with Crippen molar-refractivity contribution >= 4 is 0 Å². The maximum absolute atomic E-state index is 14.0. The fourth-order valence-electron chi connectivity index (χ4n) is 5.11. The summed E-state index contributed by atoms with van der Waals surface area (Å²) in [6.07, 6.45) is 5.33. The molecule has 10 heteroatoms. The summed E-state index contributed by atoms with van der Waals surface area (Å²) in [5.74, 6) is 0.953. The van der Waals surface area contributed by atoms with Gasteiger partial charge in [-0.2, -0.15) is 5.11 Å². The van der Waals surface area contributed by atoms with Gasteiger partial charge in [-0.05, 0) is 78.6 Å². The summed E-state index contributed by atoms with van der Waals surface area (Å²) in [5, 5.41) is 3.90. The first-order chi connectivity index (χ1) is 21.3. The maximum atomic E-state index is 14.0. The molecule has 1 N–H and O–H groups in total. The second kappa shape index (κ2) is 13.5. The fourth-order valence-corrected chi connectivity index (χ4v) is 5.11. The molecule has 0 saturated heterocycles. The Morgan fingerprint density at radius 2 is 1.61 bits per heavy atom. The lowest BCUT2D eigenvalue weighted by Gasteiger charge is -2.21. The van der Waals surface area contributed by atoms with Gasteiger partial charge >= 0.3 is 0 Å². The number of hydrogen-bond donors (Lipinski definition) is 1. The number of aryl methyl sites for hydroxylation is 1. The van der Waals surface area contributed by atoms with Crippen LogP contribution in [0.25, 0.3) is 5.69 Å². The molecule has 2 atom stereocenters. The first-order valence-electron chi connectivity index (χ1n) is 14.1. The Hall–Kier alpha value is -5.09. The fraction of sp³-hybridized carbons (Fsp3) is 0.235. The van der Waals surface area contributed by atoms with E-state index in [-0.39, 0.29) is 18.0 Å². The van der Waals surface area contributed by atoms with Crippen LogP contribution in [0.2, 0.25) is 0 Å². The Labute approximate surface area is 255 Å². The lowest BCUT2D eigenvalue weighted by Crippen LogP contribution is -2.29. The number of aromatic nitrogens is 3. The molecule has 2 heterocycles. The second-order valence-electron chi connectivity index (χ2n) is 10.5. The number of nitrogens with zero attached hydrogens (tertiary/aromatic N) is 4. The number of imidazole rings is 1. The Bertz CT molecular complexity index is 1800. The molecule has 0 saturated carbocycles. The Balaban J connectivity index is 1.52. The number of nitrogens with one attached hydrogen (secondary N) is 1. The van der Waals surface area contributed by atoms with Gasteiger partial charge in [0.25, 0.3) is 5.56 Å². The molecule has 0 spiro atoms. The number of halogens is 1. The van der Waals surface area contributed by atoms with Gasteiger partial charge in [-0.3, -0.25) is 4.79 Å². The summed E-state index contributed by atoms with van der Waals surface area (Å²) in [6.45, 7) is 4.34. The first-order valence-corrected chi connectivity index (χ1v) is 14.1. The summed E-state index contributed by atoms with van der Waals surface area (Å²) in [6, 6.07) is 19.6. The molecule has 0 radical (unpaired) electrons. The average Bonchev–Trinajstić information content (AvgIpc) is 3.48. The normalized spacial score (nSPS) is 12.5. The topological polar surface area (TPSA) is 104 Å². The third-order valence-electron chi connectivity index (χ3n) is 7.53. The summed E-state index contributed by atoms with van der Waals surface area (Å²) in [4.78, 5) is 18.3. The van der Waals surface area contributed by atoms with Crippen LogP contribution in [0.1, 0.15) is 52.5 Å². The van der Waals surface area contributed by atoms with Crippen LogP contribution < -0.4 is 15.0 Å². The van der Waals surface area contributed by atoms with Gasteiger partial charge in [0.15, 0.2) is 0 Å². The van der Waals surface area contributed by atoms with Crippen molar-refractivity contribution in [3.05, 3.63) is 141 Å². The molecule has 0 fully saturated rings. The van der Waals surface area contributed by atoms with Crippen LogP contribution in [0, 0.1) is 18.3 Å². The van der Waals surface area contributed by atoms with E-state index in [1.54, 1.807) is 55.6 Å². The van der Waals surface area contributed by atoms with Gasteiger partial charge in [0.1, 0.15) is 23.4 Å². The molecule has 226 valence electrons. The zero-order valence-corrected chi connectivity index (χ0v) is 25.0. The lowest BCUT2D eigenvalue weighted by atomic mass is 9.98. The van der Waals surface area contributed by atoms with E-state index in [2.05, 4.69) is 10.1 Å². The van der Waals surface area contributed by atoms with Crippen LogP contribution in [0.3, 0.4) is 0 Å². The molecule has 0 amide bonds. The molecule has 0 aliphatic rings. The summed E-state index contributed by atoms with van der Waals surface area (Å²) in [7, 11) is 3.18. The molecule has 0 bridgehead atoms. The van der Waals surface area contributed by atoms with Crippen molar-refractivity contribution in [2.75, 3.05) is 14.2 Å². The van der Waals surface area contributed by atoms with E-state index in [4.69, 9.17) is 19.7 Å². The predicted molar refractivity (Wildman–Crippen MR) is 164 cm³/mol. The van der Waals surface area contributed by atoms with Crippen LogP contribution in [0.5, 0.6) is 11.5 Å². The summed E-state index contributed by atoms with van der Waals surface area (Å²) in [5.41, 5.74) is 12.8. The van der Waals surface area contributed by atoms with Crippen molar-refractivity contribution in [1.29, 1.82) is 5.53 Å². The number of pyridine rings is 1. The van der Waals surface area contributed by atoms with Crippen molar-refractivity contribution < 1.29 is 18.6 Å². The van der Waals surface area contributed by atoms with Gasteiger partial charge in [0.2, 0.25) is 0 Å². The number of rotatable bonds is 12. The van der Waals surface area contributed by atoms with E-state index < -0.39 is 12.1 Å². The maximum Gasteiger partial charge on any atom is 0.256 e. The van der Waals surface area contributed by atoms with Crippen LogP contribution in [-0.2, 0) is 18.0 Å². The highest BCUT2D eigenvalue weighted by atomic mass is 19.1. The zero-order chi connectivity index (χ0) is 31.2. The van der Waals surface area contributed by atoms with Crippen molar-refractivity contribution in [2.45, 2.75) is 39.1 Å². The van der Waals surface area contributed by atoms with E-state index in [9.17, 15) is 9.18 Å². The Kier molecular flexibility index (Phi) is 9.30. The summed E-state index contributed by atoms with van der Waals surface area (Å²) < 4.78 is 34.1. The van der Waals surface area contributed by atoms with E-state index in [0.29, 0.717) is 23.5 Å². The van der Waals surface area contributed by atoms with Gasteiger partial charge in [-0.15, -0.1) is 0 Å². The third-order valence-corrected chi connectivity index (χ3v) is 7.53. The van der Waals surface area contributed by atoms with Crippen molar-refractivity contribution in [3.63, 3.8) is 0 Å². The minimum absolute atomic E-state index is 0.211. The third kappa shape index (κ3) is 6.60. The van der Waals surface area contributed by atoms with E-state index in [1.165, 1.54) is 12.1 Å². The monoisotopic (exact) mass is 595 g/mol. The first kappa shape index (κ1) is 30.4. The minimum atomic E-state index is -0.900. The molecular weight excluding hydrogens is 561 g/mol. The predicted octanol–water partition coefficient (Wildman–Crippen LogP) is 6.95.